The fourth-order valence-electron chi connectivity index (χ4n) is 9.69. The maximum Gasteiger partial charge on any atom is 0.160 e. The van der Waals surface area contributed by atoms with Crippen molar-refractivity contribution in [2.24, 2.45) is 0 Å². The number of furan rings is 2. The number of hydrogen-bond acceptors (Lipinski definition) is 3. The van der Waals surface area contributed by atoms with Crippen LogP contribution in [0.5, 0.6) is 0 Å². The van der Waals surface area contributed by atoms with E-state index in [0.717, 1.165) is 83.2 Å². The number of benzene rings is 9. The first-order valence-corrected chi connectivity index (χ1v) is 20.0. The zero-order valence-corrected chi connectivity index (χ0v) is 32.2. The Morgan fingerprint density at radius 2 is 1.09 bits per heavy atom. The molecule has 0 bridgehead atoms. The van der Waals surface area contributed by atoms with Crippen LogP contribution in [0.25, 0.3) is 88.0 Å². The predicted octanol–water partition coefficient (Wildman–Crippen LogP) is 15.7. The lowest BCUT2D eigenvalue weighted by molar-refractivity contribution is 0.660. The van der Waals surface area contributed by atoms with Crippen molar-refractivity contribution in [3.63, 3.8) is 0 Å². The van der Waals surface area contributed by atoms with Crippen LogP contribution in [0.4, 0.5) is 17.1 Å². The lowest BCUT2D eigenvalue weighted by Crippen LogP contribution is -2.17. The Hall–Kier alpha value is -7.36. The molecule has 11 aromatic rings. The topological polar surface area (TPSA) is 29.5 Å². The number of nitrogens with zero attached hydrogens (tertiary/aromatic N) is 1. The largest absolute Gasteiger partial charge is 0.456 e. The quantitative estimate of drug-likeness (QED) is 0.176. The molecule has 0 aliphatic heterocycles. The van der Waals surface area contributed by atoms with Gasteiger partial charge in [0.15, 0.2) is 5.58 Å². The van der Waals surface area contributed by atoms with Gasteiger partial charge in [-0.2, -0.15) is 0 Å². The Labute approximate surface area is 336 Å². The maximum absolute atomic E-state index is 7.23. The first-order valence-electron chi connectivity index (χ1n) is 20.0. The molecule has 0 fully saturated rings. The normalized spacial score (nSPS) is 13.1. The molecule has 0 saturated heterocycles. The molecule has 9 aromatic carbocycles. The van der Waals surface area contributed by atoms with Gasteiger partial charge in [0.1, 0.15) is 16.7 Å². The maximum atomic E-state index is 7.23. The highest BCUT2D eigenvalue weighted by Crippen LogP contribution is 2.54. The van der Waals surface area contributed by atoms with Crippen molar-refractivity contribution in [3.05, 3.63) is 199 Å². The molecule has 0 atom stereocenters. The van der Waals surface area contributed by atoms with Crippen molar-refractivity contribution >= 4 is 71.7 Å². The summed E-state index contributed by atoms with van der Waals surface area (Å²) in [6, 6.07) is 67.7. The first kappa shape index (κ1) is 32.8. The van der Waals surface area contributed by atoms with E-state index in [-0.39, 0.29) is 5.41 Å². The van der Waals surface area contributed by atoms with Crippen molar-refractivity contribution in [1.82, 2.24) is 0 Å². The average molecular weight is 744 g/mol. The van der Waals surface area contributed by atoms with Crippen molar-refractivity contribution in [1.29, 1.82) is 0 Å². The molecule has 2 heterocycles. The summed E-state index contributed by atoms with van der Waals surface area (Å²) in [6.07, 6.45) is 0. The number of hydrogen-bond donors (Lipinski definition) is 0. The summed E-state index contributed by atoms with van der Waals surface area (Å²) in [5, 5.41) is 6.66. The summed E-state index contributed by atoms with van der Waals surface area (Å²) in [5.41, 5.74) is 16.0. The molecule has 274 valence electrons. The average Bonchev–Trinajstić information content (AvgIpc) is 3.92. The van der Waals surface area contributed by atoms with Crippen LogP contribution < -0.4 is 4.90 Å². The number of para-hydroxylation sites is 2. The molecule has 2 aromatic heterocycles. The molecule has 0 saturated carbocycles. The highest BCUT2D eigenvalue weighted by atomic mass is 16.3. The Kier molecular flexibility index (Phi) is 6.98. The second-order valence-corrected chi connectivity index (χ2v) is 16.0. The lowest BCUT2D eigenvalue weighted by Gasteiger charge is -2.31. The van der Waals surface area contributed by atoms with Gasteiger partial charge in [-0.1, -0.05) is 153 Å². The number of fused-ring (bicyclic) bond motifs is 11. The first-order chi connectivity index (χ1) is 28.5. The second kappa shape index (κ2) is 12.3. The summed E-state index contributed by atoms with van der Waals surface area (Å²) in [4.78, 5) is 2.46. The van der Waals surface area contributed by atoms with E-state index in [2.05, 4.69) is 189 Å². The van der Waals surface area contributed by atoms with Gasteiger partial charge in [0.25, 0.3) is 0 Å². The Morgan fingerprint density at radius 1 is 0.414 bits per heavy atom. The zero-order valence-electron chi connectivity index (χ0n) is 32.2. The van der Waals surface area contributed by atoms with Gasteiger partial charge in [-0.05, 0) is 92.7 Å². The number of rotatable bonds is 5. The van der Waals surface area contributed by atoms with E-state index in [1.807, 2.05) is 18.2 Å². The molecular formula is C55H37NO2. The summed E-state index contributed by atoms with van der Waals surface area (Å²) in [5.74, 6) is 0. The molecule has 3 heteroatoms. The summed E-state index contributed by atoms with van der Waals surface area (Å²) >= 11 is 0. The lowest BCUT2D eigenvalue weighted by atomic mass is 9.82. The van der Waals surface area contributed by atoms with Crippen LogP contribution in [0.1, 0.15) is 25.0 Å². The van der Waals surface area contributed by atoms with Crippen molar-refractivity contribution in [2.75, 3.05) is 4.90 Å². The van der Waals surface area contributed by atoms with Gasteiger partial charge >= 0.3 is 0 Å². The molecule has 12 rings (SSSR count). The third kappa shape index (κ3) is 4.74. The molecule has 1 aliphatic rings. The van der Waals surface area contributed by atoms with Gasteiger partial charge < -0.3 is 13.7 Å². The minimum Gasteiger partial charge on any atom is -0.456 e. The van der Waals surface area contributed by atoms with Crippen LogP contribution in [0.15, 0.2) is 197 Å². The molecule has 0 amide bonds. The van der Waals surface area contributed by atoms with Crippen LogP contribution in [0, 0.1) is 0 Å². The van der Waals surface area contributed by atoms with Crippen LogP contribution in [-0.4, -0.2) is 0 Å². The van der Waals surface area contributed by atoms with E-state index in [1.165, 1.54) is 33.0 Å². The van der Waals surface area contributed by atoms with Gasteiger partial charge in [-0.25, -0.2) is 0 Å². The van der Waals surface area contributed by atoms with E-state index in [1.54, 1.807) is 0 Å². The molecule has 58 heavy (non-hydrogen) atoms. The molecule has 0 unspecified atom stereocenters. The summed E-state index contributed by atoms with van der Waals surface area (Å²) < 4.78 is 13.7. The second-order valence-electron chi connectivity index (χ2n) is 16.0. The van der Waals surface area contributed by atoms with Crippen LogP contribution in [0.3, 0.4) is 0 Å². The third-order valence-electron chi connectivity index (χ3n) is 12.5. The summed E-state index contributed by atoms with van der Waals surface area (Å²) in [6.45, 7) is 4.70. The minimum atomic E-state index is -0.187. The van der Waals surface area contributed by atoms with E-state index < -0.39 is 0 Å². The molecule has 0 N–H and O–H groups in total. The van der Waals surface area contributed by atoms with Gasteiger partial charge in [-0.3, -0.25) is 0 Å². The van der Waals surface area contributed by atoms with Crippen molar-refractivity contribution in [2.45, 2.75) is 19.3 Å². The highest BCUT2D eigenvalue weighted by molar-refractivity contribution is 6.27. The standard InChI is InChI=1S/C55H37NO2/c1-55(2)45-21-11-8-19-41(45)42-27-26-38(33-46(42)55)56(47-22-12-9-18-39(47)35-15-4-3-5-16-35)53-40(37-25-24-34-14-6-7-17-36(34)32-37)28-29-44-52-50(58-54(44)53)31-30-49-51(52)43-20-10-13-23-48(43)57-49/h3-33H,1-2H3. The van der Waals surface area contributed by atoms with Gasteiger partial charge in [0, 0.05) is 43.8 Å². The zero-order chi connectivity index (χ0) is 38.5. The molecule has 0 spiro atoms. The molecule has 1 aliphatic carbocycles. The fraction of sp³-hybridized carbons (Fsp3) is 0.0545. The predicted molar refractivity (Wildman–Crippen MR) is 242 cm³/mol. The molecule has 3 nitrogen and oxygen atoms in total. The Balaban J connectivity index is 1.23. The Morgan fingerprint density at radius 3 is 1.97 bits per heavy atom. The van der Waals surface area contributed by atoms with Crippen LogP contribution in [-0.2, 0) is 5.41 Å². The summed E-state index contributed by atoms with van der Waals surface area (Å²) in [7, 11) is 0. The van der Waals surface area contributed by atoms with E-state index in [0.29, 0.717) is 0 Å². The van der Waals surface area contributed by atoms with Crippen LogP contribution in [0.2, 0.25) is 0 Å². The minimum absolute atomic E-state index is 0.187. The fourth-order valence-corrected chi connectivity index (χ4v) is 9.69. The Bertz CT molecular complexity index is 3440. The van der Waals surface area contributed by atoms with E-state index >= 15 is 0 Å². The highest BCUT2D eigenvalue weighted by Gasteiger charge is 2.36. The van der Waals surface area contributed by atoms with E-state index in [9.17, 15) is 0 Å². The van der Waals surface area contributed by atoms with Crippen molar-refractivity contribution < 1.29 is 8.83 Å². The smallest absolute Gasteiger partial charge is 0.160 e. The SMILES string of the molecule is CC1(C)c2ccccc2-c2ccc(N(c3ccccc3-c3ccccc3)c3c(-c4ccc5ccccc5c4)ccc4c3oc3ccc5oc6ccccc6c5c34)cc21. The monoisotopic (exact) mass is 743 g/mol. The van der Waals surface area contributed by atoms with Gasteiger partial charge in [0.2, 0.25) is 0 Å². The van der Waals surface area contributed by atoms with E-state index in [4.69, 9.17) is 8.83 Å². The number of anilines is 3. The van der Waals surface area contributed by atoms with Crippen LogP contribution >= 0.6 is 0 Å². The third-order valence-corrected chi connectivity index (χ3v) is 12.5. The molecule has 0 radical (unpaired) electrons. The van der Waals surface area contributed by atoms with Gasteiger partial charge in [-0.15, -0.1) is 0 Å². The van der Waals surface area contributed by atoms with Crippen molar-refractivity contribution in [3.8, 4) is 33.4 Å². The van der Waals surface area contributed by atoms with Gasteiger partial charge in [0.05, 0.1) is 11.4 Å². The molecular weight excluding hydrogens is 707 g/mol.